The first kappa shape index (κ1) is 47.4. The number of allylic oxidation sites excluding steroid dienone is 12. The van der Waals surface area contributed by atoms with Gasteiger partial charge < -0.3 is 9.13 Å². The van der Waals surface area contributed by atoms with Gasteiger partial charge in [0.1, 0.15) is 0 Å². The van der Waals surface area contributed by atoms with Gasteiger partial charge in [0, 0.05) is 80.6 Å². The van der Waals surface area contributed by atoms with Crippen LogP contribution in [0.4, 0.5) is 0 Å². The summed E-state index contributed by atoms with van der Waals surface area (Å²) >= 11 is 0. The van der Waals surface area contributed by atoms with Crippen LogP contribution < -0.4 is 0 Å². The minimum atomic E-state index is 0.0901. The zero-order valence-corrected chi connectivity index (χ0v) is 42.6. The molecule has 0 saturated heterocycles. The van der Waals surface area contributed by atoms with E-state index in [4.69, 9.17) is 19.9 Å². The van der Waals surface area contributed by atoms with Crippen molar-refractivity contribution in [2.45, 2.75) is 39.0 Å². The van der Waals surface area contributed by atoms with Gasteiger partial charge in [-0.05, 0) is 134 Å². The Bertz CT molecular complexity index is 4150. The Hall–Kier alpha value is -9.66. The predicted molar refractivity (Wildman–Crippen MR) is 317 cm³/mol. The van der Waals surface area contributed by atoms with Gasteiger partial charge in [-0.1, -0.05) is 141 Å². The standard InChI is InChI=1S/C68H54N8/c1-5-17-45(18-6-2)57-43-59(47-33-37-69-38-34-47)73-67(71-57)49-21-13-23-51(41-49)75-61-29-11-9-25-55(61)65-53(27-15-31-63(65)75)54-28-16-32-64-66(54)56-26-10-12-30-62(56)76(64)52-24-14-22-50(42-52)68-72-58(46(19-7-3)20-8-4)44-60(74-68)48-35-39-70-40-36-48/h5-9,11-25,27-33,35-44,47H,1,3,10,26,34H2,2,4H3/b18-6-,20-8-,45-17+,46-19+. The van der Waals surface area contributed by atoms with Crippen molar-refractivity contribution >= 4 is 56.1 Å². The van der Waals surface area contributed by atoms with E-state index in [0.717, 1.165) is 97.8 Å². The van der Waals surface area contributed by atoms with Crippen LogP contribution in [0.1, 0.15) is 60.9 Å². The number of pyridine rings is 1. The lowest BCUT2D eigenvalue weighted by Crippen LogP contribution is -2.06. The number of aryl methyl sites for hydroxylation is 1. The smallest absolute Gasteiger partial charge is 0.160 e. The molecule has 1 unspecified atom stereocenters. The van der Waals surface area contributed by atoms with Crippen LogP contribution in [0, 0.1) is 0 Å². The van der Waals surface area contributed by atoms with Crippen LogP contribution in [0.5, 0.6) is 0 Å². The van der Waals surface area contributed by atoms with Crippen molar-refractivity contribution in [3.63, 3.8) is 0 Å². The third kappa shape index (κ3) is 8.69. The third-order valence-electron chi connectivity index (χ3n) is 14.3. The Labute approximate surface area is 443 Å². The maximum absolute atomic E-state index is 5.24. The molecule has 8 heteroatoms. The zero-order valence-electron chi connectivity index (χ0n) is 42.6. The molecule has 0 saturated carbocycles. The number of aromatic nitrogens is 7. The summed E-state index contributed by atoms with van der Waals surface area (Å²) in [5, 5.41) is 3.65. The van der Waals surface area contributed by atoms with Gasteiger partial charge in [0.25, 0.3) is 0 Å². The average Bonchev–Trinajstić information content (AvgIpc) is 4.02. The molecule has 0 radical (unpaired) electrons. The van der Waals surface area contributed by atoms with Gasteiger partial charge in [-0.2, -0.15) is 0 Å². The Morgan fingerprint density at radius 2 is 1.24 bits per heavy atom. The molecule has 1 aliphatic heterocycles. The van der Waals surface area contributed by atoms with Gasteiger partial charge in [0.2, 0.25) is 0 Å². The molecule has 1 atom stereocenters. The summed E-state index contributed by atoms with van der Waals surface area (Å²) in [6.45, 7) is 12.0. The molecule has 12 rings (SSSR count). The van der Waals surface area contributed by atoms with Crippen molar-refractivity contribution in [1.29, 1.82) is 0 Å². The van der Waals surface area contributed by atoms with Crippen molar-refractivity contribution in [3.05, 3.63) is 254 Å². The summed E-state index contributed by atoms with van der Waals surface area (Å²) in [6, 6.07) is 47.7. The van der Waals surface area contributed by atoms with E-state index in [1.807, 2.05) is 74.8 Å². The first-order valence-corrected chi connectivity index (χ1v) is 25.9. The van der Waals surface area contributed by atoms with E-state index in [9.17, 15) is 0 Å². The zero-order chi connectivity index (χ0) is 51.5. The van der Waals surface area contributed by atoms with Gasteiger partial charge in [-0.25, -0.2) is 19.9 Å². The maximum atomic E-state index is 5.24. The van der Waals surface area contributed by atoms with E-state index in [0.29, 0.717) is 11.6 Å². The maximum Gasteiger partial charge on any atom is 0.160 e. The number of benzene rings is 5. The number of aliphatic imine (C=N–C) groups is 1. The second-order valence-corrected chi connectivity index (χ2v) is 18.9. The topological polar surface area (TPSA) is 86.7 Å². The minimum absolute atomic E-state index is 0.0901. The predicted octanol–water partition coefficient (Wildman–Crippen LogP) is 16.7. The highest BCUT2D eigenvalue weighted by Crippen LogP contribution is 2.45. The monoisotopic (exact) mass is 982 g/mol. The first-order chi connectivity index (χ1) is 37.5. The normalized spacial score (nSPS) is 14.7. The molecule has 0 fully saturated rings. The molecule has 6 heterocycles. The van der Waals surface area contributed by atoms with Crippen LogP contribution in [0.3, 0.4) is 0 Å². The van der Waals surface area contributed by atoms with E-state index in [-0.39, 0.29) is 5.92 Å². The van der Waals surface area contributed by atoms with Crippen LogP contribution in [-0.4, -0.2) is 40.3 Å². The Balaban J connectivity index is 1.01. The quantitative estimate of drug-likeness (QED) is 0.107. The summed E-state index contributed by atoms with van der Waals surface area (Å²) in [5.74, 6) is 1.40. The van der Waals surface area contributed by atoms with E-state index in [1.165, 1.54) is 38.5 Å². The highest BCUT2D eigenvalue weighted by atomic mass is 15.0. The van der Waals surface area contributed by atoms with Crippen LogP contribution >= 0.6 is 0 Å². The van der Waals surface area contributed by atoms with Gasteiger partial charge in [-0.15, -0.1) is 0 Å². The molecular formula is C68H54N8. The van der Waals surface area contributed by atoms with Crippen molar-refractivity contribution in [1.82, 2.24) is 34.1 Å². The lowest BCUT2D eigenvalue weighted by atomic mass is 9.92. The second kappa shape index (κ2) is 20.7. The number of rotatable bonds is 13. The molecule has 10 aromatic rings. The Morgan fingerprint density at radius 1 is 0.605 bits per heavy atom. The fourth-order valence-electron chi connectivity index (χ4n) is 11.0. The molecular weight excluding hydrogens is 929 g/mol. The highest BCUT2D eigenvalue weighted by Gasteiger charge is 2.25. The van der Waals surface area contributed by atoms with Crippen molar-refractivity contribution in [2.75, 3.05) is 0 Å². The van der Waals surface area contributed by atoms with Gasteiger partial charge in [-0.3, -0.25) is 9.98 Å². The number of hydrogen-bond acceptors (Lipinski definition) is 6. The SMILES string of the molecule is C=C/C=C(\C=C/C)c1cc(-c2ccncc2)nc(-c2cccc(-n3c4c(c5c(-c6cccc7c6c6ccccc6n7-c6cccc(-c7nc(C(/C=C\C)=C/C=C)cc(C8C=CN=CC8)n7)c6)cccc53)CCC=C4)c2)n1. The largest absolute Gasteiger partial charge is 0.310 e. The molecule has 0 N–H and O–H groups in total. The second-order valence-electron chi connectivity index (χ2n) is 18.9. The Kier molecular flexibility index (Phi) is 12.9. The third-order valence-corrected chi connectivity index (χ3v) is 14.3. The lowest BCUT2D eigenvalue weighted by molar-refractivity contribution is 0.835. The number of para-hydroxylation sites is 1. The van der Waals surface area contributed by atoms with Gasteiger partial charge >= 0.3 is 0 Å². The molecule has 1 aliphatic carbocycles. The van der Waals surface area contributed by atoms with Crippen LogP contribution in [-0.2, 0) is 6.42 Å². The van der Waals surface area contributed by atoms with E-state index in [1.54, 1.807) is 18.5 Å². The molecule has 0 amide bonds. The number of hydrogen-bond donors (Lipinski definition) is 0. The summed E-state index contributed by atoms with van der Waals surface area (Å²) < 4.78 is 4.82. The number of nitrogens with zero attached hydrogens (tertiary/aromatic N) is 8. The minimum Gasteiger partial charge on any atom is -0.310 e. The summed E-state index contributed by atoms with van der Waals surface area (Å²) in [7, 11) is 0. The fraction of sp³-hybridized carbons (Fsp3) is 0.0882. The van der Waals surface area contributed by atoms with E-state index in [2.05, 4.69) is 178 Å². The first-order valence-electron chi connectivity index (χ1n) is 25.9. The van der Waals surface area contributed by atoms with E-state index < -0.39 is 0 Å². The molecule has 366 valence electrons. The van der Waals surface area contributed by atoms with Crippen molar-refractivity contribution < 1.29 is 0 Å². The van der Waals surface area contributed by atoms with Crippen LogP contribution in [0.15, 0.2) is 231 Å². The van der Waals surface area contributed by atoms with Crippen LogP contribution in [0.2, 0.25) is 0 Å². The fourth-order valence-corrected chi connectivity index (χ4v) is 11.0. The van der Waals surface area contributed by atoms with Gasteiger partial charge in [0.15, 0.2) is 11.6 Å². The van der Waals surface area contributed by atoms with Crippen LogP contribution in [0.25, 0.3) is 106 Å². The summed E-state index contributed by atoms with van der Waals surface area (Å²) in [4.78, 5) is 29.5. The molecule has 0 bridgehead atoms. The molecule has 0 spiro atoms. The van der Waals surface area contributed by atoms with Crippen molar-refractivity contribution in [3.8, 4) is 56.5 Å². The van der Waals surface area contributed by atoms with Crippen molar-refractivity contribution in [2.24, 2.45) is 4.99 Å². The molecule has 76 heavy (non-hydrogen) atoms. The average molecular weight is 983 g/mol. The molecule has 8 nitrogen and oxygen atoms in total. The van der Waals surface area contributed by atoms with Gasteiger partial charge in [0.05, 0.1) is 39.3 Å². The summed E-state index contributed by atoms with van der Waals surface area (Å²) in [5.41, 5.74) is 18.5. The Morgan fingerprint density at radius 3 is 1.92 bits per heavy atom. The van der Waals surface area contributed by atoms with E-state index >= 15 is 0 Å². The lowest BCUT2D eigenvalue weighted by Gasteiger charge is -2.16. The summed E-state index contributed by atoms with van der Waals surface area (Å²) in [6.07, 6.45) is 32.6. The number of fused-ring (bicyclic) bond motifs is 6. The molecule has 5 aromatic carbocycles. The molecule has 2 aliphatic rings. The highest BCUT2D eigenvalue weighted by molar-refractivity contribution is 6.18. The molecule has 5 aromatic heterocycles.